The Morgan fingerprint density at radius 2 is 1.75 bits per heavy atom. The number of carbonyl (C=O) groups is 2. The lowest BCUT2D eigenvalue weighted by Crippen LogP contribution is -2.57. The summed E-state index contributed by atoms with van der Waals surface area (Å²) in [6.07, 6.45) is 0.992. The molecule has 0 aliphatic carbocycles. The van der Waals surface area contributed by atoms with E-state index in [0.717, 1.165) is 12.1 Å². The highest BCUT2D eigenvalue weighted by Gasteiger charge is 2.39. The molecule has 1 atom stereocenters. The number of rotatable bonds is 9. The molecular weight excluding hydrogens is 494 g/mol. The van der Waals surface area contributed by atoms with Crippen LogP contribution in [0.1, 0.15) is 44.0 Å². The fourth-order valence-electron chi connectivity index (χ4n) is 4.19. The summed E-state index contributed by atoms with van der Waals surface area (Å²) in [6, 6.07) is 7.87. The minimum Gasteiger partial charge on any atom is -0.493 e. The molecule has 0 spiro atoms. The first kappa shape index (κ1) is 27.5. The summed E-state index contributed by atoms with van der Waals surface area (Å²) in [4.78, 5) is 25.9. The Morgan fingerprint density at radius 1 is 1.08 bits per heavy atom. The van der Waals surface area contributed by atoms with E-state index < -0.39 is 39.1 Å². The predicted octanol–water partition coefficient (Wildman–Crippen LogP) is 3.77. The normalized spacial score (nSPS) is 17.1. The number of carboxylic acid groups (broad SMARTS) is 1. The van der Waals surface area contributed by atoms with Crippen LogP contribution in [0.3, 0.4) is 0 Å². The van der Waals surface area contributed by atoms with E-state index in [1.54, 1.807) is 11.8 Å². The first-order valence-corrected chi connectivity index (χ1v) is 13.0. The molecule has 1 heterocycles. The van der Waals surface area contributed by atoms with E-state index in [-0.39, 0.29) is 48.4 Å². The molecule has 2 aromatic carbocycles. The van der Waals surface area contributed by atoms with Crippen LogP contribution >= 0.6 is 0 Å². The van der Waals surface area contributed by atoms with E-state index in [0.29, 0.717) is 12.8 Å². The minimum atomic E-state index is -3.85. The SMILES string of the molecule is CC1CN(C(=O)C(C)(C)CCCOc2ccc(F)c(F)c2)CCN1S(=O)(=O)c1ccc(C(=O)O)cc1. The molecule has 196 valence electrons. The standard InChI is InChI=1S/C25H30F2N2O6S/c1-17-16-28(12-13-29(17)36(33,34)20-8-5-18(6-9-20)23(30)31)24(32)25(2,3)11-4-14-35-19-7-10-21(26)22(27)15-19/h5-10,15,17H,4,11-14,16H2,1-3H3,(H,30,31). The number of hydrogen-bond acceptors (Lipinski definition) is 5. The van der Waals surface area contributed by atoms with Crippen molar-refractivity contribution >= 4 is 21.9 Å². The van der Waals surface area contributed by atoms with Gasteiger partial charge >= 0.3 is 5.97 Å². The molecule has 1 aliphatic rings. The zero-order chi connectivity index (χ0) is 26.7. The average Bonchev–Trinajstić information content (AvgIpc) is 2.83. The Kier molecular flexibility index (Phi) is 8.35. The smallest absolute Gasteiger partial charge is 0.335 e. The Bertz CT molecular complexity index is 1220. The van der Waals surface area contributed by atoms with Gasteiger partial charge in [0, 0.05) is 37.2 Å². The van der Waals surface area contributed by atoms with Crippen molar-refractivity contribution < 1.29 is 36.6 Å². The maximum Gasteiger partial charge on any atom is 0.335 e. The van der Waals surface area contributed by atoms with Gasteiger partial charge in [0.2, 0.25) is 15.9 Å². The first-order chi connectivity index (χ1) is 16.8. The van der Waals surface area contributed by atoms with Gasteiger partial charge < -0.3 is 14.7 Å². The molecule has 36 heavy (non-hydrogen) atoms. The zero-order valence-corrected chi connectivity index (χ0v) is 21.2. The molecule has 0 radical (unpaired) electrons. The summed E-state index contributed by atoms with van der Waals surface area (Å²) < 4.78 is 59.3. The lowest BCUT2D eigenvalue weighted by atomic mass is 9.86. The Morgan fingerprint density at radius 3 is 2.33 bits per heavy atom. The van der Waals surface area contributed by atoms with Crippen LogP contribution < -0.4 is 4.74 Å². The lowest BCUT2D eigenvalue weighted by molar-refractivity contribution is -0.143. The predicted molar refractivity (Wildman–Crippen MR) is 128 cm³/mol. The molecule has 2 aromatic rings. The maximum atomic E-state index is 13.3. The van der Waals surface area contributed by atoms with Gasteiger partial charge in [0.05, 0.1) is 17.1 Å². The summed E-state index contributed by atoms with van der Waals surface area (Å²) in [7, 11) is -3.85. The van der Waals surface area contributed by atoms with Gasteiger partial charge in [-0.1, -0.05) is 13.8 Å². The number of carbonyl (C=O) groups excluding carboxylic acids is 1. The molecule has 0 saturated carbocycles. The summed E-state index contributed by atoms with van der Waals surface area (Å²) in [5.41, 5.74) is -0.736. The molecule has 11 heteroatoms. The summed E-state index contributed by atoms with van der Waals surface area (Å²) in [5.74, 6) is -2.98. The van der Waals surface area contributed by atoms with Crippen molar-refractivity contribution in [2.45, 2.75) is 44.6 Å². The van der Waals surface area contributed by atoms with Gasteiger partial charge in [0.1, 0.15) is 5.75 Å². The number of carboxylic acids is 1. The van der Waals surface area contributed by atoms with Crippen LogP contribution in [-0.2, 0) is 14.8 Å². The number of benzene rings is 2. The molecule has 1 unspecified atom stereocenters. The highest BCUT2D eigenvalue weighted by Crippen LogP contribution is 2.29. The van der Waals surface area contributed by atoms with Crippen molar-refractivity contribution in [2.75, 3.05) is 26.2 Å². The van der Waals surface area contributed by atoms with E-state index >= 15 is 0 Å². The number of amides is 1. The molecule has 1 saturated heterocycles. The Balaban J connectivity index is 1.55. The second kappa shape index (κ2) is 10.9. The van der Waals surface area contributed by atoms with E-state index in [4.69, 9.17) is 9.84 Å². The van der Waals surface area contributed by atoms with Gasteiger partial charge in [0.15, 0.2) is 11.6 Å². The van der Waals surface area contributed by atoms with Crippen molar-refractivity contribution in [1.29, 1.82) is 0 Å². The fraction of sp³-hybridized carbons (Fsp3) is 0.440. The summed E-state index contributed by atoms with van der Waals surface area (Å²) in [5, 5.41) is 9.03. The third kappa shape index (κ3) is 6.19. The zero-order valence-electron chi connectivity index (χ0n) is 20.4. The number of nitrogens with zero attached hydrogens (tertiary/aromatic N) is 2. The van der Waals surface area contributed by atoms with Crippen LogP contribution in [0, 0.1) is 17.0 Å². The Hall–Kier alpha value is -3.05. The van der Waals surface area contributed by atoms with Crippen LogP contribution in [-0.4, -0.2) is 66.9 Å². The van der Waals surface area contributed by atoms with Gasteiger partial charge in [-0.05, 0) is 56.2 Å². The molecule has 8 nitrogen and oxygen atoms in total. The summed E-state index contributed by atoms with van der Waals surface area (Å²) >= 11 is 0. The highest BCUT2D eigenvalue weighted by molar-refractivity contribution is 7.89. The second-order valence-electron chi connectivity index (χ2n) is 9.46. The highest BCUT2D eigenvalue weighted by atomic mass is 32.2. The monoisotopic (exact) mass is 524 g/mol. The van der Waals surface area contributed by atoms with Crippen molar-refractivity contribution in [3.05, 3.63) is 59.7 Å². The van der Waals surface area contributed by atoms with Gasteiger partial charge in [-0.25, -0.2) is 22.0 Å². The quantitative estimate of drug-likeness (QED) is 0.501. The number of piperazine rings is 1. The largest absolute Gasteiger partial charge is 0.493 e. The van der Waals surface area contributed by atoms with Crippen LogP contribution in [0.15, 0.2) is 47.4 Å². The molecule has 0 aromatic heterocycles. The third-order valence-corrected chi connectivity index (χ3v) is 8.27. The number of halogens is 2. The minimum absolute atomic E-state index is 0.000456. The second-order valence-corrected chi connectivity index (χ2v) is 11.3. The van der Waals surface area contributed by atoms with Crippen molar-refractivity contribution in [2.24, 2.45) is 5.41 Å². The van der Waals surface area contributed by atoms with Crippen molar-refractivity contribution in [1.82, 2.24) is 9.21 Å². The van der Waals surface area contributed by atoms with Crippen LogP contribution in [0.4, 0.5) is 8.78 Å². The van der Waals surface area contributed by atoms with E-state index in [1.807, 2.05) is 13.8 Å². The number of aromatic carboxylic acids is 1. The van der Waals surface area contributed by atoms with Gasteiger partial charge in [-0.2, -0.15) is 4.31 Å². The fourth-order valence-corrected chi connectivity index (χ4v) is 5.81. The van der Waals surface area contributed by atoms with Gasteiger partial charge in [-0.15, -0.1) is 0 Å². The van der Waals surface area contributed by atoms with E-state index in [2.05, 4.69) is 0 Å². The van der Waals surface area contributed by atoms with Crippen molar-refractivity contribution in [3.8, 4) is 5.75 Å². The Labute approximate surface area is 209 Å². The molecule has 0 bridgehead atoms. The molecule has 1 amide bonds. The van der Waals surface area contributed by atoms with E-state index in [1.165, 1.54) is 34.6 Å². The molecular formula is C25H30F2N2O6S. The van der Waals surface area contributed by atoms with Crippen LogP contribution in [0.25, 0.3) is 0 Å². The van der Waals surface area contributed by atoms with Gasteiger partial charge in [-0.3, -0.25) is 4.79 Å². The summed E-state index contributed by atoms with van der Waals surface area (Å²) in [6.45, 7) is 6.14. The first-order valence-electron chi connectivity index (χ1n) is 11.6. The molecule has 1 fully saturated rings. The molecule has 1 N–H and O–H groups in total. The third-order valence-electron chi connectivity index (χ3n) is 6.25. The lowest BCUT2D eigenvalue weighted by Gasteiger charge is -2.41. The number of sulfonamides is 1. The number of ether oxygens (including phenoxy) is 1. The van der Waals surface area contributed by atoms with Crippen LogP contribution in [0.2, 0.25) is 0 Å². The molecule has 1 aliphatic heterocycles. The van der Waals surface area contributed by atoms with Crippen molar-refractivity contribution in [3.63, 3.8) is 0 Å². The van der Waals surface area contributed by atoms with Gasteiger partial charge in [0.25, 0.3) is 0 Å². The molecule has 3 rings (SSSR count). The maximum absolute atomic E-state index is 13.3. The average molecular weight is 525 g/mol. The van der Waals surface area contributed by atoms with E-state index in [9.17, 15) is 26.8 Å². The number of hydrogen-bond donors (Lipinski definition) is 1. The van der Waals surface area contributed by atoms with Crippen LogP contribution in [0.5, 0.6) is 5.75 Å². The topological polar surface area (TPSA) is 104 Å².